The molecule has 0 unspecified atom stereocenters. The van der Waals surface area contributed by atoms with Crippen molar-refractivity contribution in [2.45, 2.75) is 26.7 Å². The third-order valence-electron chi connectivity index (χ3n) is 3.35. The lowest BCUT2D eigenvalue weighted by Gasteiger charge is -2.03. The van der Waals surface area contributed by atoms with Crippen LogP contribution in [0.1, 0.15) is 22.5 Å². The van der Waals surface area contributed by atoms with E-state index in [2.05, 4.69) is 5.10 Å². The summed E-state index contributed by atoms with van der Waals surface area (Å²) in [6.07, 6.45) is 0.705. The van der Waals surface area contributed by atoms with Gasteiger partial charge in [0.25, 0.3) is 0 Å². The summed E-state index contributed by atoms with van der Waals surface area (Å²) in [6.45, 7) is 3.87. The monoisotopic (exact) mass is 260 g/mol. The van der Waals surface area contributed by atoms with Crippen molar-refractivity contribution in [3.8, 4) is 0 Å². The second-order valence-electron chi connectivity index (χ2n) is 4.79. The minimum Gasteiger partial charge on any atom is -0.299 e. The molecule has 0 aliphatic rings. The van der Waals surface area contributed by atoms with E-state index in [1.807, 2.05) is 20.9 Å². The number of hydrogen-bond acceptors (Lipinski definition) is 2. The second kappa shape index (κ2) is 5.34. The molecule has 3 nitrogen and oxygen atoms in total. The van der Waals surface area contributed by atoms with Gasteiger partial charge in [-0.2, -0.15) is 5.10 Å². The SMILES string of the molecule is Cc1nn(C)c(C)c1CC(=O)Cc1ccc(F)cc1. The third kappa shape index (κ3) is 3.08. The van der Waals surface area contributed by atoms with Crippen LogP contribution in [0.25, 0.3) is 0 Å². The number of aromatic nitrogens is 2. The van der Waals surface area contributed by atoms with Gasteiger partial charge in [0.15, 0.2) is 0 Å². The Bertz CT molecular complexity index is 599. The summed E-state index contributed by atoms with van der Waals surface area (Å²) >= 11 is 0. The first kappa shape index (κ1) is 13.5. The molecule has 0 saturated heterocycles. The van der Waals surface area contributed by atoms with E-state index in [1.165, 1.54) is 12.1 Å². The Balaban J connectivity index is 2.07. The summed E-state index contributed by atoms with van der Waals surface area (Å²) in [5.41, 5.74) is 3.75. The molecule has 0 aliphatic carbocycles. The van der Waals surface area contributed by atoms with Gasteiger partial charge in [-0.3, -0.25) is 9.48 Å². The van der Waals surface area contributed by atoms with Gasteiger partial charge in [-0.25, -0.2) is 4.39 Å². The van der Waals surface area contributed by atoms with E-state index in [1.54, 1.807) is 16.8 Å². The fourth-order valence-electron chi connectivity index (χ4n) is 2.16. The number of nitrogens with zero attached hydrogens (tertiary/aromatic N) is 2. The van der Waals surface area contributed by atoms with Gasteiger partial charge < -0.3 is 0 Å². The molecule has 19 heavy (non-hydrogen) atoms. The smallest absolute Gasteiger partial charge is 0.141 e. The molecule has 0 atom stereocenters. The molecule has 0 saturated carbocycles. The number of rotatable bonds is 4. The van der Waals surface area contributed by atoms with Gasteiger partial charge in [0.2, 0.25) is 0 Å². The van der Waals surface area contributed by atoms with Gasteiger partial charge in [-0.15, -0.1) is 0 Å². The van der Waals surface area contributed by atoms with Crippen LogP contribution in [0.2, 0.25) is 0 Å². The van der Waals surface area contributed by atoms with Crippen molar-refractivity contribution in [1.29, 1.82) is 0 Å². The summed E-state index contributed by atoms with van der Waals surface area (Å²) < 4.78 is 14.6. The highest BCUT2D eigenvalue weighted by Crippen LogP contribution is 2.14. The summed E-state index contributed by atoms with van der Waals surface area (Å²) in [7, 11) is 1.87. The second-order valence-corrected chi connectivity index (χ2v) is 4.79. The molecular formula is C15H17FN2O. The van der Waals surface area contributed by atoms with Crippen molar-refractivity contribution < 1.29 is 9.18 Å². The Labute approximate surface area is 112 Å². The minimum absolute atomic E-state index is 0.116. The largest absolute Gasteiger partial charge is 0.299 e. The van der Waals surface area contributed by atoms with E-state index in [0.717, 1.165) is 22.5 Å². The Kier molecular flexibility index (Phi) is 3.79. The average Bonchev–Trinajstić information content (AvgIpc) is 2.59. The number of aryl methyl sites for hydroxylation is 2. The standard InChI is InChI=1S/C15H17FN2O/c1-10-15(11(2)18(3)17-10)9-14(19)8-12-4-6-13(16)7-5-12/h4-7H,8-9H2,1-3H3. The van der Waals surface area contributed by atoms with Crippen molar-refractivity contribution in [3.05, 3.63) is 52.6 Å². The van der Waals surface area contributed by atoms with Crippen LogP contribution >= 0.6 is 0 Å². The summed E-state index contributed by atoms with van der Waals surface area (Å²) in [4.78, 5) is 12.0. The van der Waals surface area contributed by atoms with Crippen LogP contribution in [-0.4, -0.2) is 15.6 Å². The van der Waals surface area contributed by atoms with Crippen LogP contribution < -0.4 is 0 Å². The van der Waals surface area contributed by atoms with Crippen molar-refractivity contribution in [2.24, 2.45) is 7.05 Å². The number of Topliss-reactive ketones (excluding diaryl/α,β-unsaturated/α-hetero) is 1. The maximum absolute atomic E-state index is 12.8. The van der Waals surface area contributed by atoms with Crippen molar-refractivity contribution >= 4 is 5.78 Å². The topological polar surface area (TPSA) is 34.9 Å². The lowest BCUT2D eigenvalue weighted by molar-refractivity contribution is -0.117. The summed E-state index contributed by atoms with van der Waals surface area (Å²) in [5, 5.41) is 4.30. The van der Waals surface area contributed by atoms with Crippen LogP contribution in [0, 0.1) is 19.7 Å². The van der Waals surface area contributed by atoms with Gasteiger partial charge in [0.05, 0.1) is 5.69 Å². The van der Waals surface area contributed by atoms with Crippen molar-refractivity contribution in [1.82, 2.24) is 9.78 Å². The van der Waals surface area contributed by atoms with Crippen LogP contribution in [-0.2, 0) is 24.7 Å². The molecule has 1 aromatic heterocycles. The highest BCUT2D eigenvalue weighted by Gasteiger charge is 2.13. The lowest BCUT2D eigenvalue weighted by Crippen LogP contribution is -2.08. The Hall–Kier alpha value is -1.97. The van der Waals surface area contributed by atoms with Crippen LogP contribution in [0.15, 0.2) is 24.3 Å². The molecule has 0 aliphatic heterocycles. The third-order valence-corrected chi connectivity index (χ3v) is 3.35. The number of carbonyl (C=O) groups excluding carboxylic acids is 1. The number of carbonyl (C=O) groups is 1. The molecule has 2 rings (SSSR count). The molecule has 2 aromatic rings. The number of benzene rings is 1. The fourth-order valence-corrected chi connectivity index (χ4v) is 2.16. The molecule has 0 fully saturated rings. The van der Waals surface area contributed by atoms with Gasteiger partial charge >= 0.3 is 0 Å². The first-order chi connectivity index (χ1) is 8.97. The van der Waals surface area contributed by atoms with E-state index in [0.29, 0.717) is 12.8 Å². The molecule has 0 amide bonds. The molecule has 4 heteroatoms. The Morgan fingerprint density at radius 1 is 1.21 bits per heavy atom. The van der Waals surface area contributed by atoms with Gasteiger partial charge in [-0.1, -0.05) is 12.1 Å². The zero-order valence-corrected chi connectivity index (χ0v) is 11.4. The van der Waals surface area contributed by atoms with Crippen LogP contribution in [0.4, 0.5) is 4.39 Å². The maximum atomic E-state index is 12.8. The molecular weight excluding hydrogens is 243 g/mol. The van der Waals surface area contributed by atoms with E-state index in [4.69, 9.17) is 0 Å². The first-order valence-corrected chi connectivity index (χ1v) is 6.22. The number of hydrogen-bond donors (Lipinski definition) is 0. The maximum Gasteiger partial charge on any atom is 0.141 e. The molecule has 0 spiro atoms. The quantitative estimate of drug-likeness (QED) is 0.846. The van der Waals surface area contributed by atoms with E-state index < -0.39 is 0 Å². The normalized spacial score (nSPS) is 10.7. The van der Waals surface area contributed by atoms with Gasteiger partial charge in [-0.05, 0) is 31.5 Å². The molecule has 0 radical (unpaired) electrons. The zero-order valence-electron chi connectivity index (χ0n) is 11.4. The summed E-state index contributed by atoms with van der Waals surface area (Å²) in [5.74, 6) is -0.166. The highest BCUT2D eigenvalue weighted by molar-refractivity contribution is 5.83. The predicted octanol–water partition coefficient (Wildman–Crippen LogP) is 2.53. The first-order valence-electron chi connectivity index (χ1n) is 6.22. The Morgan fingerprint density at radius 3 is 2.37 bits per heavy atom. The van der Waals surface area contributed by atoms with Crippen LogP contribution in [0.5, 0.6) is 0 Å². The number of ketones is 1. The van der Waals surface area contributed by atoms with Crippen molar-refractivity contribution in [2.75, 3.05) is 0 Å². The van der Waals surface area contributed by atoms with E-state index in [9.17, 15) is 9.18 Å². The molecule has 1 aromatic carbocycles. The summed E-state index contributed by atoms with van der Waals surface area (Å²) in [6, 6.07) is 6.05. The molecule has 0 bridgehead atoms. The fraction of sp³-hybridized carbons (Fsp3) is 0.333. The molecule has 0 N–H and O–H groups in total. The minimum atomic E-state index is -0.282. The number of halogens is 1. The molecule has 1 heterocycles. The van der Waals surface area contributed by atoms with Gasteiger partial charge in [0.1, 0.15) is 11.6 Å². The Morgan fingerprint density at radius 2 is 1.84 bits per heavy atom. The van der Waals surface area contributed by atoms with Crippen LogP contribution in [0.3, 0.4) is 0 Å². The predicted molar refractivity (Wildman–Crippen MR) is 71.5 cm³/mol. The molecule has 100 valence electrons. The lowest BCUT2D eigenvalue weighted by atomic mass is 10.0. The van der Waals surface area contributed by atoms with E-state index in [-0.39, 0.29) is 11.6 Å². The van der Waals surface area contributed by atoms with Gasteiger partial charge in [0, 0.05) is 31.1 Å². The zero-order chi connectivity index (χ0) is 14.0. The highest BCUT2D eigenvalue weighted by atomic mass is 19.1. The van der Waals surface area contributed by atoms with Crippen molar-refractivity contribution in [3.63, 3.8) is 0 Å². The van der Waals surface area contributed by atoms with E-state index >= 15 is 0 Å². The average molecular weight is 260 g/mol.